The van der Waals surface area contributed by atoms with Crippen molar-refractivity contribution < 1.29 is 4.79 Å². The van der Waals surface area contributed by atoms with Crippen molar-refractivity contribution in [3.8, 4) is 0 Å². The van der Waals surface area contributed by atoms with E-state index in [0.29, 0.717) is 18.5 Å². The van der Waals surface area contributed by atoms with Crippen molar-refractivity contribution in [2.75, 3.05) is 33.7 Å². The molecule has 4 heteroatoms. The summed E-state index contributed by atoms with van der Waals surface area (Å²) in [6, 6.07) is 0.368. The fourth-order valence-corrected chi connectivity index (χ4v) is 3.91. The molecule has 1 aliphatic heterocycles. The molecule has 1 saturated carbocycles. The Kier molecular flexibility index (Phi) is 5.44. The van der Waals surface area contributed by atoms with Crippen LogP contribution in [0.15, 0.2) is 0 Å². The Morgan fingerprint density at radius 2 is 1.90 bits per heavy atom. The SMILES string of the molecule is CN1CCCC(N(C)C(=O)C2(CN)CCCCCC2)C1. The zero-order chi connectivity index (χ0) is 14.6. The molecule has 2 N–H and O–H groups in total. The second-order valence-corrected chi connectivity index (χ2v) is 6.87. The molecule has 1 unspecified atom stereocenters. The molecule has 2 aliphatic rings. The Morgan fingerprint density at radius 3 is 2.45 bits per heavy atom. The topological polar surface area (TPSA) is 49.6 Å². The van der Waals surface area contributed by atoms with Crippen LogP contribution in [0, 0.1) is 5.41 Å². The molecular weight excluding hydrogens is 250 g/mol. The van der Waals surface area contributed by atoms with Gasteiger partial charge in [-0.25, -0.2) is 0 Å². The largest absolute Gasteiger partial charge is 0.341 e. The van der Waals surface area contributed by atoms with Gasteiger partial charge in [-0.3, -0.25) is 4.79 Å². The molecule has 116 valence electrons. The van der Waals surface area contributed by atoms with Crippen LogP contribution in [0.2, 0.25) is 0 Å². The van der Waals surface area contributed by atoms with Gasteiger partial charge in [0.05, 0.1) is 5.41 Å². The van der Waals surface area contributed by atoms with E-state index in [4.69, 9.17) is 5.73 Å². The van der Waals surface area contributed by atoms with E-state index in [0.717, 1.165) is 45.2 Å². The molecule has 1 atom stereocenters. The number of piperidine rings is 1. The summed E-state index contributed by atoms with van der Waals surface area (Å²) in [7, 11) is 4.14. The fourth-order valence-electron chi connectivity index (χ4n) is 3.91. The number of hydrogen-bond acceptors (Lipinski definition) is 3. The van der Waals surface area contributed by atoms with Crippen molar-refractivity contribution in [1.82, 2.24) is 9.80 Å². The number of likely N-dealkylation sites (N-methyl/N-ethyl adjacent to an activating group) is 2. The Hall–Kier alpha value is -0.610. The average molecular weight is 281 g/mol. The molecule has 0 spiro atoms. The molecule has 0 aromatic carbocycles. The molecule has 0 aromatic heterocycles. The van der Waals surface area contributed by atoms with Gasteiger partial charge in [0, 0.05) is 26.2 Å². The van der Waals surface area contributed by atoms with Gasteiger partial charge in [-0.15, -0.1) is 0 Å². The highest BCUT2D eigenvalue weighted by molar-refractivity contribution is 5.83. The lowest BCUT2D eigenvalue weighted by molar-refractivity contribution is -0.144. The first-order valence-electron chi connectivity index (χ1n) is 8.25. The second-order valence-electron chi connectivity index (χ2n) is 6.87. The van der Waals surface area contributed by atoms with Gasteiger partial charge >= 0.3 is 0 Å². The Balaban J connectivity index is 2.06. The number of hydrogen-bond donors (Lipinski definition) is 1. The van der Waals surface area contributed by atoms with E-state index < -0.39 is 0 Å². The van der Waals surface area contributed by atoms with Gasteiger partial charge in [0.2, 0.25) is 5.91 Å². The highest BCUT2D eigenvalue weighted by atomic mass is 16.2. The first kappa shape index (κ1) is 15.8. The van der Waals surface area contributed by atoms with Gasteiger partial charge in [0.1, 0.15) is 0 Å². The lowest BCUT2D eigenvalue weighted by atomic mass is 9.78. The monoisotopic (exact) mass is 281 g/mol. The Bertz CT molecular complexity index is 324. The predicted octanol–water partition coefficient (Wildman–Crippen LogP) is 1.84. The maximum atomic E-state index is 13.0. The zero-order valence-electron chi connectivity index (χ0n) is 13.2. The van der Waals surface area contributed by atoms with Crippen LogP contribution in [-0.4, -0.2) is 55.5 Å². The van der Waals surface area contributed by atoms with Crippen molar-refractivity contribution in [2.24, 2.45) is 11.1 Å². The smallest absolute Gasteiger partial charge is 0.230 e. The number of rotatable bonds is 3. The molecule has 0 radical (unpaired) electrons. The summed E-state index contributed by atoms with van der Waals surface area (Å²) in [5, 5.41) is 0. The number of nitrogens with two attached hydrogens (primary N) is 1. The summed E-state index contributed by atoms with van der Waals surface area (Å²) in [5.74, 6) is 0.308. The molecule has 0 bridgehead atoms. The first-order chi connectivity index (χ1) is 9.59. The van der Waals surface area contributed by atoms with Crippen LogP contribution in [-0.2, 0) is 4.79 Å². The lowest BCUT2D eigenvalue weighted by Crippen LogP contribution is -2.53. The van der Waals surface area contributed by atoms with Gasteiger partial charge in [-0.2, -0.15) is 0 Å². The number of carbonyl (C=O) groups is 1. The van der Waals surface area contributed by atoms with Gasteiger partial charge < -0.3 is 15.5 Å². The lowest BCUT2D eigenvalue weighted by Gasteiger charge is -2.41. The standard InChI is InChI=1S/C16H31N3O/c1-18-11-7-8-14(12-18)19(2)15(20)16(13-17)9-5-3-4-6-10-16/h14H,3-13,17H2,1-2H3. The fraction of sp³-hybridized carbons (Fsp3) is 0.938. The minimum absolute atomic E-state index is 0.277. The Morgan fingerprint density at radius 1 is 1.25 bits per heavy atom. The Labute approximate surface area is 123 Å². The molecule has 4 nitrogen and oxygen atoms in total. The molecule has 0 aromatic rings. The number of carbonyl (C=O) groups excluding carboxylic acids is 1. The molecule has 1 aliphatic carbocycles. The summed E-state index contributed by atoms with van der Waals surface area (Å²) in [5.41, 5.74) is 5.77. The first-order valence-corrected chi connectivity index (χ1v) is 8.25. The van der Waals surface area contributed by atoms with Crippen molar-refractivity contribution in [1.29, 1.82) is 0 Å². The van der Waals surface area contributed by atoms with Crippen molar-refractivity contribution >= 4 is 5.91 Å². The van der Waals surface area contributed by atoms with Crippen LogP contribution < -0.4 is 5.73 Å². The van der Waals surface area contributed by atoms with Crippen molar-refractivity contribution in [3.63, 3.8) is 0 Å². The van der Waals surface area contributed by atoms with Crippen LogP contribution in [0.5, 0.6) is 0 Å². The third-order valence-corrected chi connectivity index (χ3v) is 5.37. The predicted molar refractivity (Wildman–Crippen MR) is 82.5 cm³/mol. The molecule has 1 saturated heterocycles. The van der Waals surface area contributed by atoms with E-state index in [-0.39, 0.29) is 5.41 Å². The van der Waals surface area contributed by atoms with Crippen molar-refractivity contribution in [3.05, 3.63) is 0 Å². The second kappa shape index (κ2) is 6.90. The molecule has 1 amide bonds. The third kappa shape index (κ3) is 3.34. The minimum Gasteiger partial charge on any atom is -0.341 e. The molecule has 2 rings (SSSR count). The normalized spacial score (nSPS) is 27.9. The summed E-state index contributed by atoms with van der Waals surface area (Å²) >= 11 is 0. The number of nitrogens with zero attached hydrogens (tertiary/aromatic N) is 2. The summed E-state index contributed by atoms with van der Waals surface area (Å²) < 4.78 is 0. The average Bonchev–Trinajstić information content (AvgIpc) is 2.72. The van der Waals surface area contributed by atoms with E-state index >= 15 is 0 Å². The number of likely N-dealkylation sites (tertiary alicyclic amines) is 1. The van der Waals surface area contributed by atoms with Crippen LogP contribution in [0.4, 0.5) is 0 Å². The van der Waals surface area contributed by atoms with Gasteiger partial charge in [-0.05, 0) is 39.3 Å². The van der Waals surface area contributed by atoms with Gasteiger partial charge in [0.25, 0.3) is 0 Å². The van der Waals surface area contributed by atoms with E-state index in [1.807, 2.05) is 11.9 Å². The summed E-state index contributed by atoms with van der Waals surface area (Å²) in [6.07, 6.45) is 9.10. The van der Waals surface area contributed by atoms with E-state index in [2.05, 4.69) is 11.9 Å². The summed E-state index contributed by atoms with van der Waals surface area (Å²) in [6.45, 7) is 2.67. The molecule has 1 heterocycles. The molecular formula is C16H31N3O. The van der Waals surface area contributed by atoms with Crippen LogP contribution in [0.1, 0.15) is 51.4 Å². The molecule has 2 fully saturated rings. The highest BCUT2D eigenvalue weighted by Gasteiger charge is 2.41. The van der Waals surface area contributed by atoms with E-state index in [1.165, 1.54) is 19.3 Å². The van der Waals surface area contributed by atoms with Gasteiger partial charge in [-0.1, -0.05) is 25.7 Å². The van der Waals surface area contributed by atoms with Crippen LogP contribution in [0.25, 0.3) is 0 Å². The quantitative estimate of drug-likeness (QED) is 0.803. The van der Waals surface area contributed by atoms with Crippen LogP contribution >= 0.6 is 0 Å². The zero-order valence-corrected chi connectivity index (χ0v) is 13.2. The maximum absolute atomic E-state index is 13.0. The van der Waals surface area contributed by atoms with Gasteiger partial charge in [0.15, 0.2) is 0 Å². The maximum Gasteiger partial charge on any atom is 0.230 e. The minimum atomic E-state index is -0.277. The highest BCUT2D eigenvalue weighted by Crippen LogP contribution is 2.36. The number of amides is 1. The third-order valence-electron chi connectivity index (χ3n) is 5.37. The van der Waals surface area contributed by atoms with E-state index in [1.54, 1.807) is 0 Å². The summed E-state index contributed by atoms with van der Waals surface area (Å²) in [4.78, 5) is 17.4. The molecule has 20 heavy (non-hydrogen) atoms. The van der Waals surface area contributed by atoms with Crippen LogP contribution in [0.3, 0.4) is 0 Å². The van der Waals surface area contributed by atoms with E-state index in [9.17, 15) is 4.79 Å². The van der Waals surface area contributed by atoms with Crippen molar-refractivity contribution in [2.45, 2.75) is 57.4 Å².